The highest BCUT2D eigenvalue weighted by Gasteiger charge is 2.20. The van der Waals surface area contributed by atoms with E-state index < -0.39 is 0 Å². The zero-order valence-corrected chi connectivity index (χ0v) is 17.9. The van der Waals surface area contributed by atoms with Crippen LogP contribution in [0, 0.1) is 19.7 Å². The predicted octanol–water partition coefficient (Wildman–Crippen LogP) is 5.29. The van der Waals surface area contributed by atoms with Crippen LogP contribution in [0.1, 0.15) is 26.4 Å². The molecule has 2 aromatic carbocycles. The average molecular weight is 440 g/mol. The lowest BCUT2D eigenvalue weighted by Crippen LogP contribution is -2.13. The molecular weight excluding hydrogens is 421 g/mol. The average Bonchev–Trinajstić information content (AvgIpc) is 3.05. The summed E-state index contributed by atoms with van der Waals surface area (Å²) in [6, 6.07) is 13.8. The number of hydrogen-bond donors (Lipinski definition) is 2. The first-order valence-electron chi connectivity index (χ1n) is 9.20. The van der Waals surface area contributed by atoms with Gasteiger partial charge in [0, 0.05) is 11.4 Å². The molecule has 0 fully saturated rings. The molecule has 0 saturated carbocycles. The van der Waals surface area contributed by atoms with Gasteiger partial charge in [-0.15, -0.1) is 11.3 Å². The summed E-state index contributed by atoms with van der Waals surface area (Å²) in [4.78, 5) is 33.7. The maximum Gasteiger partial charge on any atom is 0.266 e. The first-order chi connectivity index (χ1) is 14.4. The smallest absolute Gasteiger partial charge is 0.266 e. The number of aromatic amines is 1. The Morgan fingerprint density at radius 1 is 1.20 bits per heavy atom. The Bertz CT molecular complexity index is 1310. The molecule has 0 bridgehead atoms. The molecule has 0 spiro atoms. The van der Waals surface area contributed by atoms with Gasteiger partial charge in [0.15, 0.2) is 5.16 Å². The molecule has 0 atom stereocenters. The molecule has 8 heteroatoms. The summed E-state index contributed by atoms with van der Waals surface area (Å²) in [6.45, 7) is 3.67. The summed E-state index contributed by atoms with van der Waals surface area (Å²) >= 11 is 2.51. The lowest BCUT2D eigenvalue weighted by atomic mass is 10.2. The minimum absolute atomic E-state index is 0.266. The summed E-state index contributed by atoms with van der Waals surface area (Å²) in [6.07, 6.45) is 0. The van der Waals surface area contributed by atoms with E-state index >= 15 is 0 Å². The highest BCUT2D eigenvalue weighted by molar-refractivity contribution is 7.98. The number of amides is 1. The van der Waals surface area contributed by atoms with Gasteiger partial charge in [0.2, 0.25) is 0 Å². The molecule has 0 aliphatic carbocycles. The predicted molar refractivity (Wildman–Crippen MR) is 120 cm³/mol. The minimum Gasteiger partial charge on any atom is -0.321 e. The summed E-state index contributed by atoms with van der Waals surface area (Å²) in [5, 5.41) is 3.76. The number of anilines is 1. The molecule has 0 unspecified atom stereocenters. The third-order valence-corrected chi connectivity index (χ3v) is 6.77. The molecule has 0 radical (unpaired) electrons. The molecule has 30 heavy (non-hydrogen) atoms. The normalized spacial score (nSPS) is 11.0. The Kier molecular flexibility index (Phi) is 5.69. The van der Waals surface area contributed by atoms with Gasteiger partial charge in [0.1, 0.15) is 10.6 Å². The summed E-state index contributed by atoms with van der Waals surface area (Å²) < 4.78 is 13.4. The van der Waals surface area contributed by atoms with E-state index in [2.05, 4.69) is 15.3 Å². The number of halogens is 1. The number of aromatic nitrogens is 2. The fourth-order valence-corrected chi connectivity index (χ4v) is 5.02. The zero-order valence-electron chi connectivity index (χ0n) is 16.3. The molecule has 2 N–H and O–H groups in total. The van der Waals surface area contributed by atoms with Gasteiger partial charge in [-0.25, -0.2) is 9.37 Å². The highest BCUT2D eigenvalue weighted by atomic mass is 32.2. The fourth-order valence-electron chi connectivity index (χ4n) is 3.08. The molecule has 4 aromatic rings. The van der Waals surface area contributed by atoms with Gasteiger partial charge in [-0.2, -0.15) is 0 Å². The van der Waals surface area contributed by atoms with Crippen LogP contribution in [0.2, 0.25) is 0 Å². The van der Waals surface area contributed by atoms with Gasteiger partial charge in [-0.3, -0.25) is 9.59 Å². The maximum absolute atomic E-state index is 13.4. The van der Waals surface area contributed by atoms with Crippen molar-refractivity contribution < 1.29 is 9.18 Å². The van der Waals surface area contributed by atoms with E-state index in [0.29, 0.717) is 31.6 Å². The number of fused-ring (bicyclic) bond motifs is 1. The Morgan fingerprint density at radius 3 is 2.77 bits per heavy atom. The topological polar surface area (TPSA) is 74.8 Å². The molecule has 5 nitrogen and oxygen atoms in total. The van der Waals surface area contributed by atoms with Crippen molar-refractivity contribution in [3.05, 3.63) is 86.3 Å². The van der Waals surface area contributed by atoms with Gasteiger partial charge < -0.3 is 10.3 Å². The number of aryl methyl sites for hydroxylation is 2. The summed E-state index contributed by atoms with van der Waals surface area (Å²) in [7, 11) is 0. The van der Waals surface area contributed by atoms with E-state index in [0.717, 1.165) is 16.8 Å². The monoisotopic (exact) mass is 439 g/mol. The molecule has 0 saturated heterocycles. The number of H-pyrrole nitrogens is 1. The van der Waals surface area contributed by atoms with Gasteiger partial charge in [0.25, 0.3) is 11.5 Å². The van der Waals surface area contributed by atoms with Crippen LogP contribution in [0.15, 0.2) is 58.5 Å². The number of thioether (sulfide) groups is 1. The number of hydrogen-bond acceptors (Lipinski definition) is 5. The van der Waals surface area contributed by atoms with E-state index in [9.17, 15) is 14.0 Å². The molecule has 1 amide bonds. The zero-order chi connectivity index (χ0) is 21.3. The van der Waals surface area contributed by atoms with E-state index in [1.54, 1.807) is 13.0 Å². The lowest BCUT2D eigenvalue weighted by Gasteiger charge is -2.07. The number of rotatable bonds is 5. The molecular formula is C22H18FN3O2S2. The quantitative estimate of drug-likeness (QED) is 0.327. The second-order valence-electron chi connectivity index (χ2n) is 6.80. The third kappa shape index (κ3) is 4.15. The number of carbonyl (C=O) groups is 1. The minimum atomic E-state index is -0.303. The van der Waals surface area contributed by atoms with Crippen molar-refractivity contribution in [2.24, 2.45) is 0 Å². The fraction of sp³-hybridized carbons (Fsp3) is 0.136. The summed E-state index contributed by atoms with van der Waals surface area (Å²) in [5.74, 6) is -0.0988. The van der Waals surface area contributed by atoms with Crippen LogP contribution in [0.4, 0.5) is 10.1 Å². The third-order valence-electron chi connectivity index (χ3n) is 4.64. The van der Waals surface area contributed by atoms with Crippen LogP contribution in [0.5, 0.6) is 0 Å². The Balaban J connectivity index is 1.61. The van der Waals surface area contributed by atoms with Crippen LogP contribution < -0.4 is 10.9 Å². The number of benzene rings is 2. The molecule has 2 aromatic heterocycles. The Labute approximate surface area is 180 Å². The highest BCUT2D eigenvalue weighted by Crippen LogP contribution is 2.30. The maximum atomic E-state index is 13.4. The summed E-state index contributed by atoms with van der Waals surface area (Å²) in [5.41, 5.74) is 2.80. The van der Waals surface area contributed by atoms with Crippen molar-refractivity contribution >= 4 is 44.9 Å². The van der Waals surface area contributed by atoms with Crippen molar-refractivity contribution in [3.63, 3.8) is 0 Å². The van der Waals surface area contributed by atoms with E-state index in [1.165, 1.54) is 35.2 Å². The molecule has 2 heterocycles. The number of carbonyl (C=O) groups excluding carboxylic acids is 1. The van der Waals surface area contributed by atoms with Gasteiger partial charge >= 0.3 is 0 Å². The second kappa shape index (κ2) is 8.41. The van der Waals surface area contributed by atoms with Crippen molar-refractivity contribution in [2.75, 3.05) is 5.32 Å². The standard InChI is InChI=1S/C22H18FN3O2S2/c1-12-6-3-4-9-16(12)24-20(28)18-13(2)17-19(27)25-22(26-21(17)30-18)29-11-14-7-5-8-15(23)10-14/h3-10H,11H2,1-2H3,(H,24,28)(H,25,26,27). The number of thiophene rings is 1. The lowest BCUT2D eigenvalue weighted by molar-refractivity contribution is 0.103. The number of nitrogens with one attached hydrogen (secondary N) is 2. The van der Waals surface area contributed by atoms with Crippen LogP contribution in [-0.4, -0.2) is 15.9 Å². The number of nitrogens with zero attached hydrogens (tertiary/aromatic N) is 1. The molecule has 4 rings (SSSR count). The molecule has 0 aliphatic heterocycles. The van der Waals surface area contributed by atoms with Crippen molar-refractivity contribution in [1.82, 2.24) is 9.97 Å². The molecule has 152 valence electrons. The van der Waals surface area contributed by atoms with Crippen LogP contribution in [0.3, 0.4) is 0 Å². The first-order valence-corrected chi connectivity index (χ1v) is 11.0. The van der Waals surface area contributed by atoms with Crippen molar-refractivity contribution in [1.29, 1.82) is 0 Å². The van der Waals surface area contributed by atoms with E-state index in [4.69, 9.17) is 0 Å². The first kappa shape index (κ1) is 20.3. The van der Waals surface area contributed by atoms with Crippen molar-refractivity contribution in [2.45, 2.75) is 24.8 Å². The van der Waals surface area contributed by atoms with E-state index in [-0.39, 0.29) is 17.3 Å². The van der Waals surface area contributed by atoms with Crippen LogP contribution in [0.25, 0.3) is 10.2 Å². The largest absolute Gasteiger partial charge is 0.321 e. The SMILES string of the molecule is Cc1ccccc1NC(=O)c1sc2nc(SCc3cccc(F)c3)[nH]c(=O)c2c1C. The number of para-hydroxylation sites is 1. The second-order valence-corrected chi connectivity index (χ2v) is 8.76. The van der Waals surface area contributed by atoms with Crippen molar-refractivity contribution in [3.8, 4) is 0 Å². The van der Waals surface area contributed by atoms with Crippen LogP contribution >= 0.6 is 23.1 Å². The molecule has 0 aliphatic rings. The van der Waals surface area contributed by atoms with E-state index in [1.807, 2.05) is 37.3 Å². The van der Waals surface area contributed by atoms with Gasteiger partial charge in [-0.1, -0.05) is 42.1 Å². The van der Waals surface area contributed by atoms with Gasteiger partial charge in [0.05, 0.1) is 10.3 Å². The van der Waals surface area contributed by atoms with Gasteiger partial charge in [-0.05, 0) is 48.7 Å². The Morgan fingerprint density at radius 2 is 2.00 bits per heavy atom. The Hall–Kier alpha value is -2.97. The van der Waals surface area contributed by atoms with Crippen LogP contribution in [-0.2, 0) is 5.75 Å².